The predicted molar refractivity (Wildman–Crippen MR) is 64.8 cm³/mol. The van der Waals surface area contributed by atoms with Crippen molar-refractivity contribution in [2.45, 2.75) is 26.2 Å². The van der Waals surface area contributed by atoms with E-state index in [1.807, 2.05) is 30.3 Å². The number of hydrogen-bond donors (Lipinski definition) is 0. The van der Waals surface area contributed by atoms with Gasteiger partial charge in [-0.2, -0.15) is 0 Å². The van der Waals surface area contributed by atoms with Crippen molar-refractivity contribution < 1.29 is 9.16 Å². The lowest BCUT2D eigenvalue weighted by atomic mass is 10.2. The molecule has 2 nitrogen and oxygen atoms in total. The Morgan fingerprint density at radius 1 is 1.07 bits per heavy atom. The molecule has 1 rings (SSSR count). The Hall–Kier alpha value is -1.22. The number of rotatable bonds is 5. The Morgan fingerprint density at radius 3 is 2.33 bits per heavy atom. The molecule has 82 valence electrons. The highest BCUT2D eigenvalue weighted by molar-refractivity contribution is 6.69. The molecule has 0 saturated heterocycles. The van der Waals surface area contributed by atoms with Crippen LogP contribution in [-0.4, -0.2) is 8.32 Å². The fraction of sp³-hybridized carbons (Fsp3) is 0.333. The van der Waals surface area contributed by atoms with E-state index >= 15 is 0 Å². The number of ether oxygens (including phenoxy) is 1. The van der Waals surface area contributed by atoms with Crippen LogP contribution in [0.2, 0.25) is 19.6 Å². The second kappa shape index (κ2) is 5.61. The van der Waals surface area contributed by atoms with Gasteiger partial charge in [0.2, 0.25) is 8.32 Å². The number of hydrogen-bond acceptors (Lipinski definition) is 2. The molecule has 0 saturated carbocycles. The molecule has 0 radical (unpaired) electrons. The summed E-state index contributed by atoms with van der Waals surface area (Å²) in [6.07, 6.45) is 3.26. The van der Waals surface area contributed by atoms with Gasteiger partial charge in [-0.15, -0.1) is 0 Å². The second-order valence-corrected chi connectivity index (χ2v) is 8.76. The van der Waals surface area contributed by atoms with Crippen molar-refractivity contribution in [1.82, 2.24) is 0 Å². The molecule has 0 heterocycles. The van der Waals surface area contributed by atoms with Crippen LogP contribution in [0.5, 0.6) is 0 Å². The van der Waals surface area contributed by atoms with E-state index in [0.29, 0.717) is 6.61 Å². The maximum absolute atomic E-state index is 5.50. The first-order chi connectivity index (χ1) is 7.08. The van der Waals surface area contributed by atoms with Crippen LogP contribution in [0.25, 0.3) is 0 Å². The molecule has 0 aliphatic rings. The van der Waals surface area contributed by atoms with Crippen LogP contribution in [0.4, 0.5) is 0 Å². The van der Waals surface area contributed by atoms with Gasteiger partial charge in [0.15, 0.2) is 0 Å². The molecule has 0 aliphatic carbocycles. The summed E-state index contributed by atoms with van der Waals surface area (Å²) in [7, 11) is -1.45. The van der Waals surface area contributed by atoms with Crippen molar-refractivity contribution in [2.75, 3.05) is 0 Å². The first-order valence-electron chi connectivity index (χ1n) is 5.06. The molecule has 1 aromatic rings. The molecule has 3 heteroatoms. The third-order valence-corrected chi connectivity index (χ3v) is 2.51. The Labute approximate surface area is 92.7 Å². The van der Waals surface area contributed by atoms with E-state index in [-0.39, 0.29) is 0 Å². The first kappa shape index (κ1) is 11.8. The van der Waals surface area contributed by atoms with Gasteiger partial charge in [-0.1, -0.05) is 30.3 Å². The van der Waals surface area contributed by atoms with Gasteiger partial charge in [-0.05, 0) is 25.2 Å². The van der Waals surface area contributed by atoms with E-state index < -0.39 is 8.32 Å². The summed E-state index contributed by atoms with van der Waals surface area (Å²) in [5.41, 5.74) is 1.16. The lowest BCUT2D eigenvalue weighted by Gasteiger charge is -2.14. The monoisotopic (exact) mass is 222 g/mol. The van der Waals surface area contributed by atoms with Crippen molar-refractivity contribution in [2.24, 2.45) is 0 Å². The van der Waals surface area contributed by atoms with Crippen molar-refractivity contribution in [3.63, 3.8) is 0 Å². The molecule has 0 spiro atoms. The van der Waals surface area contributed by atoms with Crippen molar-refractivity contribution in [3.05, 3.63) is 48.4 Å². The van der Waals surface area contributed by atoms with Crippen LogP contribution in [0.1, 0.15) is 5.56 Å². The van der Waals surface area contributed by atoms with Crippen LogP contribution in [-0.2, 0) is 15.8 Å². The molecule has 0 N–H and O–H groups in total. The second-order valence-electron chi connectivity index (χ2n) is 4.30. The Balaban J connectivity index is 2.22. The predicted octanol–water partition coefficient (Wildman–Crippen LogP) is 3.53. The fourth-order valence-electron chi connectivity index (χ4n) is 0.990. The highest BCUT2D eigenvalue weighted by Gasteiger charge is 2.12. The van der Waals surface area contributed by atoms with Crippen LogP contribution in [0.15, 0.2) is 42.9 Å². The molecule has 0 aromatic heterocycles. The SMILES string of the molecule is C[Si](C)(C)OC=COCc1ccccc1. The van der Waals surface area contributed by atoms with Gasteiger partial charge in [0.1, 0.15) is 19.1 Å². The first-order valence-corrected chi connectivity index (χ1v) is 8.47. The van der Waals surface area contributed by atoms with Crippen molar-refractivity contribution in [1.29, 1.82) is 0 Å². The zero-order valence-corrected chi connectivity index (χ0v) is 10.6. The quantitative estimate of drug-likeness (QED) is 0.560. The van der Waals surface area contributed by atoms with Gasteiger partial charge in [-0.25, -0.2) is 0 Å². The molecule has 0 fully saturated rings. The highest BCUT2D eigenvalue weighted by Crippen LogP contribution is 2.04. The zero-order chi connectivity index (χ0) is 11.1. The van der Waals surface area contributed by atoms with Crippen molar-refractivity contribution in [3.8, 4) is 0 Å². The summed E-state index contributed by atoms with van der Waals surface area (Å²) >= 11 is 0. The molecule has 1 aromatic carbocycles. The lowest BCUT2D eigenvalue weighted by Crippen LogP contribution is -2.21. The number of benzene rings is 1. The van der Waals surface area contributed by atoms with Crippen LogP contribution >= 0.6 is 0 Å². The third kappa shape index (κ3) is 5.96. The molecule has 15 heavy (non-hydrogen) atoms. The largest absolute Gasteiger partial charge is 0.547 e. The summed E-state index contributed by atoms with van der Waals surface area (Å²) in [6.45, 7) is 6.99. The van der Waals surface area contributed by atoms with Gasteiger partial charge in [-0.3, -0.25) is 0 Å². The smallest absolute Gasteiger partial charge is 0.241 e. The van der Waals surface area contributed by atoms with E-state index in [1.165, 1.54) is 0 Å². The fourth-order valence-corrected chi connectivity index (χ4v) is 1.45. The van der Waals surface area contributed by atoms with E-state index in [2.05, 4.69) is 19.6 Å². The third-order valence-electron chi connectivity index (χ3n) is 1.67. The minimum Gasteiger partial charge on any atom is -0.547 e. The summed E-state index contributed by atoms with van der Waals surface area (Å²) in [5, 5.41) is 0. The van der Waals surface area contributed by atoms with Gasteiger partial charge in [0.05, 0.1) is 0 Å². The summed E-state index contributed by atoms with van der Waals surface area (Å²) in [4.78, 5) is 0. The summed E-state index contributed by atoms with van der Waals surface area (Å²) < 4.78 is 10.8. The average Bonchev–Trinajstić information content (AvgIpc) is 2.17. The highest BCUT2D eigenvalue weighted by atomic mass is 28.4. The molecular weight excluding hydrogens is 204 g/mol. The van der Waals surface area contributed by atoms with E-state index in [0.717, 1.165) is 5.56 Å². The van der Waals surface area contributed by atoms with Crippen LogP contribution in [0.3, 0.4) is 0 Å². The normalized spacial score (nSPS) is 11.7. The van der Waals surface area contributed by atoms with Crippen LogP contribution < -0.4 is 0 Å². The van der Waals surface area contributed by atoms with Crippen LogP contribution in [0, 0.1) is 0 Å². The standard InChI is InChI=1S/C12H18O2Si/c1-15(2,3)14-10-9-13-11-12-7-5-4-6-8-12/h4-10H,11H2,1-3H3. The van der Waals surface area contributed by atoms with Gasteiger partial charge < -0.3 is 9.16 Å². The van der Waals surface area contributed by atoms with Gasteiger partial charge in [0, 0.05) is 0 Å². The van der Waals surface area contributed by atoms with Crippen molar-refractivity contribution >= 4 is 8.32 Å². The Kier molecular flexibility index (Phi) is 4.43. The molecule has 0 unspecified atom stereocenters. The average molecular weight is 222 g/mol. The minimum atomic E-state index is -1.45. The molecular formula is C12H18O2Si. The summed E-state index contributed by atoms with van der Waals surface area (Å²) in [5.74, 6) is 0. The Bertz CT molecular complexity index is 301. The minimum absolute atomic E-state index is 0.590. The van der Waals surface area contributed by atoms with E-state index in [9.17, 15) is 0 Å². The van der Waals surface area contributed by atoms with E-state index in [4.69, 9.17) is 9.16 Å². The molecule has 0 aliphatic heterocycles. The molecule has 0 bridgehead atoms. The zero-order valence-electron chi connectivity index (χ0n) is 9.57. The molecule has 0 amide bonds. The maximum atomic E-state index is 5.50. The topological polar surface area (TPSA) is 18.5 Å². The molecule has 0 atom stereocenters. The lowest BCUT2D eigenvalue weighted by molar-refractivity contribution is 0.227. The maximum Gasteiger partial charge on any atom is 0.241 e. The Morgan fingerprint density at radius 2 is 1.73 bits per heavy atom. The van der Waals surface area contributed by atoms with Gasteiger partial charge in [0.25, 0.3) is 0 Å². The van der Waals surface area contributed by atoms with Gasteiger partial charge >= 0.3 is 0 Å². The summed E-state index contributed by atoms with van der Waals surface area (Å²) in [6, 6.07) is 10.1. The van der Waals surface area contributed by atoms with E-state index in [1.54, 1.807) is 12.5 Å².